The van der Waals surface area contributed by atoms with E-state index in [2.05, 4.69) is 38.2 Å². The van der Waals surface area contributed by atoms with E-state index in [0.29, 0.717) is 6.04 Å². The molecule has 2 heteroatoms. The number of likely N-dealkylation sites (N-methyl/N-ethyl adjacent to an activating group) is 1. The number of rotatable bonds is 5. The van der Waals surface area contributed by atoms with Gasteiger partial charge in [-0.1, -0.05) is 26.2 Å². The molecular weight excluding hydrogens is 196 g/mol. The molecule has 0 aromatic carbocycles. The van der Waals surface area contributed by atoms with Gasteiger partial charge in [-0.25, -0.2) is 0 Å². The Hall–Kier alpha value is -0.0800. The minimum Gasteiger partial charge on any atom is -0.312 e. The fourth-order valence-electron chi connectivity index (χ4n) is 2.51. The van der Waals surface area contributed by atoms with Gasteiger partial charge in [-0.3, -0.25) is 0 Å². The van der Waals surface area contributed by atoms with Crippen LogP contribution in [0.4, 0.5) is 0 Å². The molecular formula is C14H30N2. The molecule has 3 atom stereocenters. The van der Waals surface area contributed by atoms with Gasteiger partial charge < -0.3 is 10.2 Å². The first-order valence-corrected chi connectivity index (χ1v) is 7.03. The van der Waals surface area contributed by atoms with Crippen LogP contribution in [0.2, 0.25) is 0 Å². The normalized spacial score (nSPS) is 29.1. The van der Waals surface area contributed by atoms with Crippen molar-refractivity contribution in [2.24, 2.45) is 5.92 Å². The van der Waals surface area contributed by atoms with Crippen LogP contribution in [-0.4, -0.2) is 37.6 Å². The maximum atomic E-state index is 3.75. The molecule has 1 aliphatic carbocycles. The molecule has 3 unspecified atom stereocenters. The summed E-state index contributed by atoms with van der Waals surface area (Å²) in [7, 11) is 4.32. The summed E-state index contributed by atoms with van der Waals surface area (Å²) in [5.74, 6) is 0.998. The average molecular weight is 226 g/mol. The van der Waals surface area contributed by atoms with Gasteiger partial charge in [0, 0.05) is 18.6 Å². The lowest BCUT2D eigenvalue weighted by Gasteiger charge is -2.24. The molecule has 0 heterocycles. The van der Waals surface area contributed by atoms with Crippen molar-refractivity contribution in [1.82, 2.24) is 10.2 Å². The van der Waals surface area contributed by atoms with Gasteiger partial charge in [0.25, 0.3) is 0 Å². The van der Waals surface area contributed by atoms with Gasteiger partial charge >= 0.3 is 0 Å². The second-order valence-corrected chi connectivity index (χ2v) is 5.70. The van der Waals surface area contributed by atoms with Crippen LogP contribution in [0.3, 0.4) is 0 Å². The van der Waals surface area contributed by atoms with E-state index >= 15 is 0 Å². The third-order valence-corrected chi connectivity index (χ3v) is 4.25. The van der Waals surface area contributed by atoms with Gasteiger partial charge in [0.2, 0.25) is 0 Å². The van der Waals surface area contributed by atoms with Gasteiger partial charge in [0.15, 0.2) is 0 Å². The van der Waals surface area contributed by atoms with Crippen LogP contribution in [0.5, 0.6) is 0 Å². The summed E-state index contributed by atoms with van der Waals surface area (Å²) >= 11 is 0. The minimum atomic E-state index is 0.644. The van der Waals surface area contributed by atoms with E-state index in [-0.39, 0.29) is 0 Å². The second kappa shape index (κ2) is 7.29. The van der Waals surface area contributed by atoms with Crippen LogP contribution < -0.4 is 5.32 Å². The molecule has 0 aromatic rings. The van der Waals surface area contributed by atoms with Gasteiger partial charge in [-0.2, -0.15) is 0 Å². The number of hydrogen-bond donors (Lipinski definition) is 1. The zero-order chi connectivity index (χ0) is 12.0. The first-order valence-electron chi connectivity index (χ1n) is 7.03. The van der Waals surface area contributed by atoms with Gasteiger partial charge in [-0.05, 0) is 46.2 Å². The van der Waals surface area contributed by atoms with Crippen LogP contribution in [0, 0.1) is 5.92 Å². The van der Waals surface area contributed by atoms with Gasteiger partial charge in [0.05, 0.1) is 0 Å². The summed E-state index contributed by atoms with van der Waals surface area (Å²) in [6.07, 6.45) is 8.46. The van der Waals surface area contributed by atoms with Crippen molar-refractivity contribution in [3.63, 3.8) is 0 Å². The van der Waals surface area contributed by atoms with Crippen LogP contribution >= 0.6 is 0 Å². The summed E-state index contributed by atoms with van der Waals surface area (Å²) in [4.78, 5) is 2.29. The molecule has 1 fully saturated rings. The molecule has 0 amide bonds. The highest BCUT2D eigenvalue weighted by Crippen LogP contribution is 2.25. The molecule has 0 bridgehead atoms. The van der Waals surface area contributed by atoms with Crippen LogP contribution in [-0.2, 0) is 0 Å². The first kappa shape index (κ1) is 14.0. The van der Waals surface area contributed by atoms with Crippen molar-refractivity contribution < 1.29 is 0 Å². The van der Waals surface area contributed by atoms with E-state index in [1.807, 2.05) is 0 Å². The molecule has 0 spiro atoms. The Morgan fingerprint density at radius 2 is 1.94 bits per heavy atom. The molecule has 1 rings (SSSR count). The Morgan fingerprint density at radius 3 is 2.56 bits per heavy atom. The molecule has 1 aliphatic rings. The monoisotopic (exact) mass is 226 g/mol. The average Bonchev–Trinajstić information content (AvgIpc) is 2.50. The highest BCUT2D eigenvalue weighted by atomic mass is 15.1. The topological polar surface area (TPSA) is 15.3 Å². The van der Waals surface area contributed by atoms with Crippen molar-refractivity contribution in [1.29, 1.82) is 0 Å². The molecule has 0 aromatic heterocycles. The Balaban J connectivity index is 2.22. The largest absolute Gasteiger partial charge is 0.312 e. The van der Waals surface area contributed by atoms with Crippen molar-refractivity contribution in [2.75, 3.05) is 20.6 Å². The van der Waals surface area contributed by atoms with E-state index in [1.165, 1.54) is 38.5 Å². The van der Waals surface area contributed by atoms with E-state index < -0.39 is 0 Å². The second-order valence-electron chi connectivity index (χ2n) is 5.70. The SMILES string of the molecule is CCC1CCCC(NCC(C)N(C)C)CC1. The van der Waals surface area contributed by atoms with Crippen LogP contribution in [0.1, 0.15) is 52.4 Å². The van der Waals surface area contributed by atoms with E-state index in [9.17, 15) is 0 Å². The van der Waals surface area contributed by atoms with Crippen LogP contribution in [0.25, 0.3) is 0 Å². The molecule has 2 nitrogen and oxygen atoms in total. The fourth-order valence-corrected chi connectivity index (χ4v) is 2.51. The predicted molar refractivity (Wildman–Crippen MR) is 71.8 cm³/mol. The summed E-state index contributed by atoms with van der Waals surface area (Å²) in [5.41, 5.74) is 0. The van der Waals surface area contributed by atoms with Gasteiger partial charge in [-0.15, -0.1) is 0 Å². The molecule has 96 valence electrons. The summed E-state index contributed by atoms with van der Waals surface area (Å²) < 4.78 is 0. The molecule has 0 radical (unpaired) electrons. The number of hydrogen-bond acceptors (Lipinski definition) is 2. The zero-order valence-electron chi connectivity index (χ0n) is 11.6. The highest BCUT2D eigenvalue weighted by Gasteiger charge is 2.17. The lowest BCUT2D eigenvalue weighted by molar-refractivity contribution is 0.287. The Kier molecular flexibility index (Phi) is 6.37. The maximum absolute atomic E-state index is 3.75. The Bertz CT molecular complexity index is 180. The van der Waals surface area contributed by atoms with Crippen molar-refractivity contribution in [2.45, 2.75) is 64.5 Å². The predicted octanol–water partition coefficient (Wildman–Crippen LogP) is 2.89. The lowest BCUT2D eigenvalue weighted by atomic mass is 9.98. The van der Waals surface area contributed by atoms with E-state index in [0.717, 1.165) is 18.5 Å². The standard InChI is InChI=1S/C14H30N2/c1-5-13-7-6-8-14(10-9-13)15-11-12(2)16(3)4/h12-15H,5-11H2,1-4H3. The number of nitrogens with one attached hydrogen (secondary N) is 1. The van der Waals surface area contributed by atoms with Crippen molar-refractivity contribution in [3.8, 4) is 0 Å². The number of nitrogens with zero attached hydrogens (tertiary/aromatic N) is 1. The van der Waals surface area contributed by atoms with Gasteiger partial charge in [0.1, 0.15) is 0 Å². The first-order chi connectivity index (χ1) is 7.63. The Labute approximate surface area is 102 Å². The van der Waals surface area contributed by atoms with Crippen LogP contribution in [0.15, 0.2) is 0 Å². The summed E-state index contributed by atoms with van der Waals surface area (Å²) in [6, 6.07) is 1.42. The highest BCUT2D eigenvalue weighted by molar-refractivity contribution is 4.76. The molecule has 1 N–H and O–H groups in total. The molecule has 0 saturated heterocycles. The van der Waals surface area contributed by atoms with Crippen molar-refractivity contribution in [3.05, 3.63) is 0 Å². The summed E-state index contributed by atoms with van der Waals surface area (Å²) in [5, 5.41) is 3.75. The zero-order valence-corrected chi connectivity index (χ0v) is 11.6. The van der Waals surface area contributed by atoms with Crippen molar-refractivity contribution >= 4 is 0 Å². The van der Waals surface area contributed by atoms with E-state index in [4.69, 9.17) is 0 Å². The minimum absolute atomic E-state index is 0.644. The molecule has 0 aliphatic heterocycles. The maximum Gasteiger partial charge on any atom is 0.0186 e. The van der Waals surface area contributed by atoms with E-state index in [1.54, 1.807) is 0 Å². The quantitative estimate of drug-likeness (QED) is 0.725. The molecule has 16 heavy (non-hydrogen) atoms. The third-order valence-electron chi connectivity index (χ3n) is 4.25. The lowest BCUT2D eigenvalue weighted by Crippen LogP contribution is -2.40. The summed E-state index contributed by atoms with van der Waals surface area (Å²) in [6.45, 7) is 5.76. The third kappa shape index (κ3) is 4.84. The molecule has 1 saturated carbocycles. The Morgan fingerprint density at radius 1 is 1.19 bits per heavy atom. The fraction of sp³-hybridized carbons (Fsp3) is 1.00. The smallest absolute Gasteiger partial charge is 0.0186 e.